The van der Waals surface area contributed by atoms with Gasteiger partial charge in [0.05, 0.1) is 0 Å². The van der Waals surface area contributed by atoms with Crippen LogP contribution in [-0.4, -0.2) is 12.9 Å². The van der Waals surface area contributed by atoms with Gasteiger partial charge in [0.2, 0.25) is 0 Å². The van der Waals surface area contributed by atoms with Crippen LogP contribution in [0, 0.1) is 0 Å². The Kier molecular flexibility index (Phi) is 3.65. The summed E-state index contributed by atoms with van der Waals surface area (Å²) >= 11 is 0. The lowest BCUT2D eigenvalue weighted by Gasteiger charge is -2.12. The van der Waals surface area contributed by atoms with Gasteiger partial charge in [-0.15, -0.1) is 0 Å². The average Bonchev–Trinajstić information content (AvgIpc) is 2.20. The third-order valence-corrected chi connectivity index (χ3v) is 1.98. The van der Waals surface area contributed by atoms with Crippen molar-refractivity contribution in [1.82, 2.24) is 0 Å². The fourth-order valence-corrected chi connectivity index (χ4v) is 1.27. The average molecular weight is 178 g/mol. The SMILES string of the molecule is CCC(=O)[C@@H](OC)c1ccccc1. The summed E-state index contributed by atoms with van der Waals surface area (Å²) in [5.74, 6) is 0.119. The molecule has 1 aromatic rings. The Morgan fingerprint density at radius 2 is 2.00 bits per heavy atom. The van der Waals surface area contributed by atoms with Gasteiger partial charge in [-0.25, -0.2) is 0 Å². The second kappa shape index (κ2) is 4.77. The molecule has 1 atom stereocenters. The van der Waals surface area contributed by atoms with Crippen LogP contribution in [0.15, 0.2) is 30.3 Å². The first-order chi connectivity index (χ1) is 6.29. The molecule has 0 saturated heterocycles. The van der Waals surface area contributed by atoms with E-state index in [9.17, 15) is 4.79 Å². The molecule has 0 unspecified atom stereocenters. The van der Waals surface area contributed by atoms with E-state index in [2.05, 4.69) is 0 Å². The van der Waals surface area contributed by atoms with Gasteiger partial charge in [-0.2, -0.15) is 0 Å². The second-order valence-electron chi connectivity index (χ2n) is 2.85. The lowest BCUT2D eigenvalue weighted by Crippen LogP contribution is -2.13. The molecule has 0 aliphatic heterocycles. The lowest BCUT2D eigenvalue weighted by molar-refractivity contribution is -0.128. The van der Waals surface area contributed by atoms with E-state index >= 15 is 0 Å². The van der Waals surface area contributed by atoms with E-state index in [0.29, 0.717) is 6.42 Å². The van der Waals surface area contributed by atoms with Crippen LogP contribution in [0.4, 0.5) is 0 Å². The molecule has 0 bridgehead atoms. The van der Waals surface area contributed by atoms with E-state index in [-0.39, 0.29) is 5.78 Å². The molecule has 1 aromatic carbocycles. The summed E-state index contributed by atoms with van der Waals surface area (Å²) in [6, 6.07) is 9.55. The number of carbonyl (C=O) groups is 1. The summed E-state index contributed by atoms with van der Waals surface area (Å²) in [5.41, 5.74) is 0.928. The van der Waals surface area contributed by atoms with Crippen molar-refractivity contribution in [2.75, 3.05) is 7.11 Å². The fourth-order valence-electron chi connectivity index (χ4n) is 1.27. The number of rotatable bonds is 4. The zero-order valence-electron chi connectivity index (χ0n) is 7.99. The first-order valence-electron chi connectivity index (χ1n) is 4.40. The van der Waals surface area contributed by atoms with Crippen molar-refractivity contribution in [2.24, 2.45) is 0 Å². The van der Waals surface area contributed by atoms with Crippen LogP contribution in [0.3, 0.4) is 0 Å². The summed E-state index contributed by atoms with van der Waals surface area (Å²) in [5, 5.41) is 0. The molecule has 0 heterocycles. The van der Waals surface area contributed by atoms with Crippen LogP contribution in [0.25, 0.3) is 0 Å². The number of hydrogen-bond acceptors (Lipinski definition) is 2. The minimum Gasteiger partial charge on any atom is -0.369 e. The number of carbonyl (C=O) groups excluding carboxylic acids is 1. The van der Waals surface area contributed by atoms with Crippen LogP contribution in [-0.2, 0) is 9.53 Å². The van der Waals surface area contributed by atoms with Gasteiger partial charge in [-0.1, -0.05) is 37.3 Å². The molecule has 0 saturated carbocycles. The molecule has 0 spiro atoms. The second-order valence-corrected chi connectivity index (χ2v) is 2.85. The predicted molar refractivity (Wildman–Crippen MR) is 51.5 cm³/mol. The molecule has 2 heteroatoms. The standard InChI is InChI=1S/C11H14O2/c1-3-10(12)11(13-2)9-7-5-4-6-8-9/h4-8,11H,3H2,1-2H3/t11-/m0/s1. The van der Waals surface area contributed by atoms with Gasteiger partial charge in [-0.3, -0.25) is 4.79 Å². The molecule has 1 rings (SSSR count). The Hall–Kier alpha value is -1.15. The van der Waals surface area contributed by atoms with Crippen molar-refractivity contribution >= 4 is 5.78 Å². The summed E-state index contributed by atoms with van der Waals surface area (Å²) in [6.07, 6.45) is 0.110. The molecule has 0 fully saturated rings. The van der Waals surface area contributed by atoms with E-state index in [1.807, 2.05) is 37.3 Å². The number of ether oxygens (including phenoxy) is 1. The highest BCUT2D eigenvalue weighted by Crippen LogP contribution is 2.18. The zero-order valence-corrected chi connectivity index (χ0v) is 7.99. The summed E-state index contributed by atoms with van der Waals surface area (Å²) in [4.78, 5) is 11.4. The molecule has 2 nitrogen and oxygen atoms in total. The quantitative estimate of drug-likeness (QED) is 0.707. The van der Waals surface area contributed by atoms with Crippen LogP contribution in [0.2, 0.25) is 0 Å². The Morgan fingerprint density at radius 3 is 2.46 bits per heavy atom. The van der Waals surface area contributed by atoms with Gasteiger partial charge in [0.1, 0.15) is 6.10 Å². The maximum atomic E-state index is 11.4. The van der Waals surface area contributed by atoms with E-state index in [4.69, 9.17) is 4.74 Å². The highest BCUT2D eigenvalue weighted by molar-refractivity contribution is 5.84. The van der Waals surface area contributed by atoms with Gasteiger partial charge in [0, 0.05) is 13.5 Å². The first-order valence-corrected chi connectivity index (χ1v) is 4.40. The molecular formula is C11H14O2. The topological polar surface area (TPSA) is 26.3 Å². The minimum absolute atomic E-state index is 0.119. The van der Waals surface area contributed by atoms with Gasteiger partial charge < -0.3 is 4.74 Å². The maximum Gasteiger partial charge on any atom is 0.165 e. The molecule has 13 heavy (non-hydrogen) atoms. The molecule has 0 N–H and O–H groups in total. The van der Waals surface area contributed by atoms with Crippen molar-refractivity contribution in [3.8, 4) is 0 Å². The molecule has 0 aliphatic carbocycles. The summed E-state index contributed by atoms with van der Waals surface area (Å²) < 4.78 is 5.14. The van der Waals surface area contributed by atoms with Gasteiger partial charge in [0.15, 0.2) is 5.78 Å². The van der Waals surface area contributed by atoms with Gasteiger partial charge in [-0.05, 0) is 5.56 Å². The van der Waals surface area contributed by atoms with Gasteiger partial charge >= 0.3 is 0 Å². The van der Waals surface area contributed by atoms with Crippen LogP contribution >= 0.6 is 0 Å². The predicted octanol–water partition coefficient (Wildman–Crippen LogP) is 2.35. The number of hydrogen-bond donors (Lipinski definition) is 0. The fraction of sp³-hybridized carbons (Fsp3) is 0.364. The maximum absolute atomic E-state index is 11.4. The molecule has 0 radical (unpaired) electrons. The van der Waals surface area contributed by atoms with Crippen molar-refractivity contribution < 1.29 is 9.53 Å². The Labute approximate surface area is 78.5 Å². The van der Waals surface area contributed by atoms with E-state index in [1.54, 1.807) is 7.11 Å². The van der Waals surface area contributed by atoms with Crippen molar-refractivity contribution in [3.63, 3.8) is 0 Å². The number of ketones is 1. The molecule has 0 aliphatic rings. The number of methoxy groups -OCH3 is 1. The zero-order chi connectivity index (χ0) is 9.68. The normalized spacial score (nSPS) is 12.5. The molecule has 70 valence electrons. The van der Waals surface area contributed by atoms with Crippen molar-refractivity contribution in [1.29, 1.82) is 0 Å². The monoisotopic (exact) mass is 178 g/mol. The van der Waals surface area contributed by atoms with E-state index in [1.165, 1.54) is 0 Å². The minimum atomic E-state index is -0.397. The van der Waals surface area contributed by atoms with Crippen LogP contribution in [0.5, 0.6) is 0 Å². The third kappa shape index (κ3) is 2.39. The first kappa shape index (κ1) is 9.93. The van der Waals surface area contributed by atoms with Crippen molar-refractivity contribution in [2.45, 2.75) is 19.4 Å². The largest absolute Gasteiger partial charge is 0.369 e. The summed E-state index contributed by atoms with van der Waals surface area (Å²) in [7, 11) is 1.56. The molecule has 0 aromatic heterocycles. The highest BCUT2D eigenvalue weighted by Gasteiger charge is 2.16. The van der Waals surface area contributed by atoms with E-state index < -0.39 is 6.10 Å². The molecule has 0 amide bonds. The third-order valence-electron chi connectivity index (χ3n) is 1.98. The number of Topliss-reactive ketones (excluding diaryl/α,β-unsaturated/α-hetero) is 1. The Morgan fingerprint density at radius 1 is 1.38 bits per heavy atom. The van der Waals surface area contributed by atoms with Gasteiger partial charge in [0.25, 0.3) is 0 Å². The van der Waals surface area contributed by atoms with Crippen LogP contribution < -0.4 is 0 Å². The smallest absolute Gasteiger partial charge is 0.165 e. The Bertz CT molecular complexity index is 267. The number of benzene rings is 1. The summed E-state index contributed by atoms with van der Waals surface area (Å²) in [6.45, 7) is 1.84. The van der Waals surface area contributed by atoms with Crippen LogP contribution in [0.1, 0.15) is 25.0 Å². The Balaban J connectivity index is 2.85. The highest BCUT2D eigenvalue weighted by atomic mass is 16.5. The van der Waals surface area contributed by atoms with Crippen molar-refractivity contribution in [3.05, 3.63) is 35.9 Å². The molecular weight excluding hydrogens is 164 g/mol. The lowest BCUT2D eigenvalue weighted by atomic mass is 10.0. The van der Waals surface area contributed by atoms with E-state index in [0.717, 1.165) is 5.56 Å².